The van der Waals surface area contributed by atoms with Gasteiger partial charge in [0.25, 0.3) is 5.91 Å². The molecule has 0 bridgehead atoms. The minimum atomic E-state index is -0.791. The Balaban J connectivity index is 2.68. The quantitative estimate of drug-likeness (QED) is 0.788. The predicted octanol–water partition coefficient (Wildman–Crippen LogP) is 4.01. The van der Waals surface area contributed by atoms with Gasteiger partial charge >= 0.3 is 0 Å². The van der Waals surface area contributed by atoms with Gasteiger partial charge in [-0.15, -0.1) is 0 Å². The molecule has 0 unspecified atom stereocenters. The van der Waals surface area contributed by atoms with Crippen LogP contribution in [0.4, 0.5) is 5.69 Å². The van der Waals surface area contributed by atoms with Crippen molar-refractivity contribution in [3.63, 3.8) is 0 Å². The molecular weight excluding hydrogens is 266 g/mol. The van der Waals surface area contributed by atoms with E-state index in [1.165, 1.54) is 0 Å². The van der Waals surface area contributed by atoms with Gasteiger partial charge in [0.1, 0.15) is 11.4 Å². The van der Waals surface area contributed by atoms with Gasteiger partial charge < -0.3 is 14.8 Å². The van der Waals surface area contributed by atoms with Crippen molar-refractivity contribution in [2.45, 2.75) is 58.7 Å². The van der Waals surface area contributed by atoms with Crippen LogP contribution >= 0.6 is 0 Å². The van der Waals surface area contributed by atoms with Gasteiger partial charge in [-0.2, -0.15) is 0 Å². The topological polar surface area (TPSA) is 47.6 Å². The Kier molecular flexibility index (Phi) is 6.69. The van der Waals surface area contributed by atoms with Crippen LogP contribution < -0.4 is 10.1 Å². The molecule has 0 saturated heterocycles. The third kappa shape index (κ3) is 5.05. The number of hydrogen-bond donors (Lipinski definition) is 1. The van der Waals surface area contributed by atoms with Crippen LogP contribution in [0.15, 0.2) is 24.3 Å². The lowest BCUT2D eigenvalue weighted by Gasteiger charge is -2.26. The van der Waals surface area contributed by atoms with Gasteiger partial charge in [0.2, 0.25) is 0 Å². The molecule has 1 aromatic carbocycles. The van der Waals surface area contributed by atoms with Gasteiger partial charge in [-0.1, -0.05) is 20.3 Å². The number of nitrogens with one attached hydrogen (secondary N) is 1. The van der Waals surface area contributed by atoms with E-state index < -0.39 is 5.60 Å². The second-order valence-electron chi connectivity index (χ2n) is 5.50. The summed E-state index contributed by atoms with van der Waals surface area (Å²) in [6, 6.07) is 7.42. The molecule has 0 fully saturated rings. The molecule has 1 aromatic rings. The first-order valence-corrected chi connectivity index (χ1v) is 7.58. The second-order valence-corrected chi connectivity index (χ2v) is 5.50. The number of amides is 1. The van der Waals surface area contributed by atoms with Crippen molar-refractivity contribution < 1.29 is 14.3 Å². The van der Waals surface area contributed by atoms with E-state index >= 15 is 0 Å². The molecule has 4 heteroatoms. The summed E-state index contributed by atoms with van der Waals surface area (Å²) < 4.78 is 11.1. The minimum Gasteiger partial charge on any atom is -0.491 e. The molecule has 0 aliphatic heterocycles. The lowest BCUT2D eigenvalue weighted by atomic mass is 9.99. The molecular formula is C17H27NO3. The summed E-state index contributed by atoms with van der Waals surface area (Å²) in [5.41, 5.74) is -0.0448. The average Bonchev–Trinajstić information content (AvgIpc) is 2.49. The van der Waals surface area contributed by atoms with Crippen LogP contribution in [0.5, 0.6) is 5.75 Å². The summed E-state index contributed by atoms with van der Waals surface area (Å²) in [5.74, 6) is 0.688. The van der Waals surface area contributed by atoms with Gasteiger partial charge in [-0.05, 0) is 51.0 Å². The van der Waals surface area contributed by atoms with E-state index in [-0.39, 0.29) is 12.0 Å². The fraction of sp³-hybridized carbons (Fsp3) is 0.588. The van der Waals surface area contributed by atoms with Crippen LogP contribution in [0.1, 0.15) is 47.0 Å². The first-order valence-electron chi connectivity index (χ1n) is 7.58. The molecule has 118 valence electrons. The SMILES string of the molecule is CCC[C@@](C)(OC)C(=O)Nc1ccc(O[C@H](C)CC)cc1. The zero-order valence-electron chi connectivity index (χ0n) is 13.7. The van der Waals surface area contributed by atoms with Crippen molar-refractivity contribution in [1.29, 1.82) is 0 Å². The molecule has 1 N–H and O–H groups in total. The molecule has 0 saturated carbocycles. The number of rotatable bonds is 8. The zero-order chi connectivity index (χ0) is 15.9. The number of carbonyl (C=O) groups excluding carboxylic acids is 1. The summed E-state index contributed by atoms with van der Waals surface area (Å²) in [5, 5.41) is 2.89. The maximum Gasteiger partial charge on any atom is 0.256 e. The number of carbonyl (C=O) groups is 1. The van der Waals surface area contributed by atoms with Gasteiger partial charge in [0.15, 0.2) is 0 Å². The molecule has 0 heterocycles. The van der Waals surface area contributed by atoms with Crippen molar-refractivity contribution in [2.24, 2.45) is 0 Å². The number of ether oxygens (including phenoxy) is 2. The van der Waals surface area contributed by atoms with Crippen molar-refractivity contribution in [3.8, 4) is 5.75 Å². The van der Waals surface area contributed by atoms with Gasteiger partial charge in [-0.25, -0.2) is 0 Å². The van der Waals surface area contributed by atoms with Gasteiger partial charge in [0.05, 0.1) is 6.10 Å². The molecule has 2 atom stereocenters. The lowest BCUT2D eigenvalue weighted by molar-refractivity contribution is -0.136. The molecule has 0 aromatic heterocycles. The van der Waals surface area contributed by atoms with Crippen LogP contribution in [0, 0.1) is 0 Å². The number of benzene rings is 1. The van der Waals surface area contributed by atoms with E-state index in [0.29, 0.717) is 6.42 Å². The normalized spacial score (nSPS) is 15.1. The summed E-state index contributed by atoms with van der Waals surface area (Å²) in [6.07, 6.45) is 2.72. The largest absolute Gasteiger partial charge is 0.491 e. The maximum absolute atomic E-state index is 12.3. The highest BCUT2D eigenvalue weighted by Crippen LogP contribution is 2.22. The highest BCUT2D eigenvalue weighted by atomic mass is 16.5. The Morgan fingerprint density at radius 1 is 1.29 bits per heavy atom. The highest BCUT2D eigenvalue weighted by Gasteiger charge is 2.31. The fourth-order valence-corrected chi connectivity index (χ4v) is 1.98. The molecule has 4 nitrogen and oxygen atoms in total. The number of methoxy groups -OCH3 is 1. The van der Waals surface area contributed by atoms with Crippen molar-refractivity contribution in [1.82, 2.24) is 0 Å². The number of anilines is 1. The third-order valence-electron chi connectivity index (χ3n) is 3.68. The van der Waals surface area contributed by atoms with Crippen molar-refractivity contribution in [2.75, 3.05) is 12.4 Å². The first kappa shape index (κ1) is 17.5. The Hall–Kier alpha value is -1.55. The van der Waals surface area contributed by atoms with E-state index in [2.05, 4.69) is 12.2 Å². The first-order chi connectivity index (χ1) is 9.95. The molecule has 0 spiro atoms. The molecule has 0 aliphatic rings. The Morgan fingerprint density at radius 2 is 1.90 bits per heavy atom. The standard InChI is InChI=1S/C17H27NO3/c1-6-12-17(4,20-5)16(19)18-14-8-10-15(11-9-14)21-13(3)7-2/h8-11,13H,6-7,12H2,1-5H3,(H,18,19)/t13-,17-/m1/s1. The van der Waals surface area contributed by atoms with E-state index in [1.54, 1.807) is 7.11 Å². The molecule has 1 amide bonds. The Labute approximate surface area is 127 Å². The van der Waals surface area contributed by atoms with Crippen molar-refractivity contribution >= 4 is 11.6 Å². The second kappa shape index (κ2) is 8.03. The van der Waals surface area contributed by atoms with Crippen LogP contribution in [0.3, 0.4) is 0 Å². The van der Waals surface area contributed by atoms with Crippen LogP contribution in [-0.4, -0.2) is 24.7 Å². The third-order valence-corrected chi connectivity index (χ3v) is 3.68. The smallest absolute Gasteiger partial charge is 0.256 e. The highest BCUT2D eigenvalue weighted by molar-refractivity contribution is 5.97. The predicted molar refractivity (Wildman–Crippen MR) is 85.8 cm³/mol. The summed E-state index contributed by atoms with van der Waals surface area (Å²) in [4.78, 5) is 12.3. The number of hydrogen-bond acceptors (Lipinski definition) is 3. The molecule has 0 radical (unpaired) electrons. The van der Waals surface area contributed by atoms with Crippen LogP contribution in [0.25, 0.3) is 0 Å². The van der Waals surface area contributed by atoms with Gasteiger partial charge in [0, 0.05) is 12.8 Å². The molecule has 21 heavy (non-hydrogen) atoms. The summed E-state index contributed by atoms with van der Waals surface area (Å²) in [6.45, 7) is 7.96. The fourth-order valence-electron chi connectivity index (χ4n) is 1.98. The van der Waals surface area contributed by atoms with E-state index in [1.807, 2.05) is 45.0 Å². The van der Waals surface area contributed by atoms with E-state index in [4.69, 9.17) is 9.47 Å². The van der Waals surface area contributed by atoms with E-state index in [0.717, 1.165) is 24.3 Å². The van der Waals surface area contributed by atoms with E-state index in [9.17, 15) is 4.79 Å². The molecule has 1 rings (SSSR count). The lowest BCUT2D eigenvalue weighted by Crippen LogP contribution is -2.41. The summed E-state index contributed by atoms with van der Waals surface area (Å²) in [7, 11) is 1.57. The minimum absolute atomic E-state index is 0.123. The van der Waals surface area contributed by atoms with Crippen LogP contribution in [0.2, 0.25) is 0 Å². The Bertz CT molecular complexity index is 444. The maximum atomic E-state index is 12.3. The zero-order valence-corrected chi connectivity index (χ0v) is 13.7. The summed E-state index contributed by atoms with van der Waals surface area (Å²) >= 11 is 0. The average molecular weight is 293 g/mol. The van der Waals surface area contributed by atoms with Crippen LogP contribution in [-0.2, 0) is 9.53 Å². The van der Waals surface area contributed by atoms with Gasteiger partial charge in [-0.3, -0.25) is 4.79 Å². The monoisotopic (exact) mass is 293 g/mol. The molecule has 0 aliphatic carbocycles. The van der Waals surface area contributed by atoms with Crippen molar-refractivity contribution in [3.05, 3.63) is 24.3 Å². The Morgan fingerprint density at radius 3 is 2.38 bits per heavy atom.